The molecule has 0 aliphatic heterocycles. The van der Waals surface area contributed by atoms with Gasteiger partial charge in [0, 0.05) is 33.1 Å². The van der Waals surface area contributed by atoms with E-state index in [1.165, 1.54) is 24.5 Å². The van der Waals surface area contributed by atoms with Gasteiger partial charge in [-0.2, -0.15) is 0 Å². The largest absolute Gasteiger partial charge is 0.623 e. The number of nitrogens with zero attached hydrogens (tertiary/aromatic N) is 1. The molecule has 6 heteroatoms. The fourth-order valence-corrected chi connectivity index (χ4v) is 2.40. The van der Waals surface area contributed by atoms with Crippen molar-refractivity contribution in [3.8, 4) is 10.6 Å². The van der Waals surface area contributed by atoms with Crippen molar-refractivity contribution in [2.24, 2.45) is 0 Å². The molecule has 2 heterocycles. The predicted molar refractivity (Wildman–Crippen MR) is 84.9 cm³/mol. The Bertz CT molecular complexity index is 677. The number of carbonyl (C=O) groups excluding carboxylic acids is 1. The molecule has 0 saturated carbocycles. The van der Waals surface area contributed by atoms with Crippen LogP contribution in [0.4, 0.5) is 5.69 Å². The number of hydrogen-bond acceptors (Lipinski definition) is 4. The summed E-state index contributed by atoms with van der Waals surface area (Å²) in [5, 5.41) is 16.4. The van der Waals surface area contributed by atoms with Gasteiger partial charge in [-0.1, -0.05) is 0 Å². The highest BCUT2D eigenvalue weighted by molar-refractivity contribution is 7.14. The Morgan fingerprint density at radius 1 is 1.43 bits per heavy atom. The van der Waals surface area contributed by atoms with E-state index in [0.717, 1.165) is 15.3 Å². The number of nitrogens with one attached hydrogen (secondary N) is 1. The highest BCUT2D eigenvalue weighted by Gasteiger charge is 2.19. The van der Waals surface area contributed by atoms with Crippen LogP contribution in [-0.4, -0.2) is 22.4 Å². The Morgan fingerprint density at radius 3 is 2.76 bits per heavy atom. The summed E-state index contributed by atoms with van der Waals surface area (Å²) in [5.74, 6) is 1.06. The van der Waals surface area contributed by atoms with Crippen LogP contribution in [0.15, 0.2) is 28.0 Å². The van der Waals surface area contributed by atoms with E-state index in [-0.39, 0.29) is 5.91 Å². The molecule has 112 valence electrons. The minimum Gasteiger partial charge on any atom is -0.623 e. The summed E-state index contributed by atoms with van der Waals surface area (Å²) in [4.78, 5) is 11.9. The van der Waals surface area contributed by atoms with E-state index < -0.39 is 5.54 Å². The lowest BCUT2D eigenvalue weighted by molar-refractivity contribution is -0.530. The highest BCUT2D eigenvalue weighted by Crippen LogP contribution is 2.31. The average Bonchev–Trinajstić information content (AvgIpc) is 2.96. The van der Waals surface area contributed by atoms with E-state index in [4.69, 9.17) is 4.42 Å². The minimum atomic E-state index is -0.505. The molecule has 5 nitrogen and oxygen atoms in total. The van der Waals surface area contributed by atoms with Gasteiger partial charge in [-0.25, -0.2) is 4.74 Å². The minimum absolute atomic E-state index is 0.111. The second kappa shape index (κ2) is 5.73. The standard InChI is InChI=1S/C15H18N2O3S/c1-10(18)16-11-7-14(21-9-11)13-6-5-12(20-13)8-17(19)15(2,3)4/h5-9H,1-4H3,(H,16,18). The zero-order valence-electron chi connectivity index (χ0n) is 12.5. The maximum absolute atomic E-state index is 11.9. The number of amides is 1. The fraction of sp³-hybridized carbons (Fsp3) is 0.333. The van der Waals surface area contributed by atoms with Crippen molar-refractivity contribution < 1.29 is 14.0 Å². The first-order valence-corrected chi connectivity index (χ1v) is 7.41. The molecule has 2 rings (SSSR count). The predicted octanol–water partition coefficient (Wildman–Crippen LogP) is 3.69. The van der Waals surface area contributed by atoms with Gasteiger partial charge in [-0.15, -0.1) is 11.3 Å². The topological polar surface area (TPSA) is 68.3 Å². The highest BCUT2D eigenvalue weighted by atomic mass is 32.1. The van der Waals surface area contributed by atoms with Crippen LogP contribution in [0, 0.1) is 5.21 Å². The maximum atomic E-state index is 11.9. The smallest absolute Gasteiger partial charge is 0.221 e. The van der Waals surface area contributed by atoms with Crippen molar-refractivity contribution in [1.29, 1.82) is 0 Å². The lowest BCUT2D eigenvalue weighted by atomic mass is 10.1. The third kappa shape index (κ3) is 3.95. The first kappa shape index (κ1) is 15.3. The van der Waals surface area contributed by atoms with Gasteiger partial charge in [0.1, 0.15) is 5.76 Å². The van der Waals surface area contributed by atoms with Crippen molar-refractivity contribution >= 4 is 29.1 Å². The van der Waals surface area contributed by atoms with Gasteiger partial charge < -0.3 is 14.9 Å². The molecule has 0 saturated heterocycles. The summed E-state index contributed by atoms with van der Waals surface area (Å²) in [6.07, 6.45) is 1.44. The fourth-order valence-electron chi connectivity index (χ4n) is 1.60. The first-order chi connectivity index (χ1) is 9.75. The number of hydroxylamine groups is 1. The number of hydrogen-bond donors (Lipinski definition) is 1. The quantitative estimate of drug-likeness (QED) is 0.407. The van der Waals surface area contributed by atoms with Crippen LogP contribution in [0.2, 0.25) is 0 Å². The Kier molecular flexibility index (Phi) is 4.18. The third-order valence-corrected chi connectivity index (χ3v) is 3.64. The summed E-state index contributed by atoms with van der Waals surface area (Å²) in [5.41, 5.74) is 0.235. The van der Waals surface area contributed by atoms with E-state index in [1.807, 2.05) is 38.3 Å². The molecular formula is C15H18N2O3S. The molecule has 0 radical (unpaired) electrons. The van der Waals surface area contributed by atoms with E-state index >= 15 is 0 Å². The summed E-state index contributed by atoms with van der Waals surface area (Å²) >= 11 is 1.47. The van der Waals surface area contributed by atoms with Crippen LogP contribution in [-0.2, 0) is 4.79 Å². The molecule has 0 unspecified atom stereocenters. The molecule has 0 bridgehead atoms. The average molecular weight is 306 g/mol. The number of anilines is 1. The molecule has 1 amide bonds. The van der Waals surface area contributed by atoms with Crippen LogP contribution < -0.4 is 5.32 Å². The molecule has 0 aliphatic rings. The van der Waals surface area contributed by atoms with Gasteiger partial charge >= 0.3 is 0 Å². The summed E-state index contributed by atoms with van der Waals surface area (Å²) in [6.45, 7) is 6.96. The van der Waals surface area contributed by atoms with Crippen molar-refractivity contribution in [3.63, 3.8) is 0 Å². The van der Waals surface area contributed by atoms with Crippen molar-refractivity contribution in [3.05, 3.63) is 34.5 Å². The molecule has 2 aromatic rings. The van der Waals surface area contributed by atoms with Crippen LogP contribution in [0.5, 0.6) is 0 Å². The normalized spacial score (nSPS) is 12.5. The maximum Gasteiger partial charge on any atom is 0.221 e. The molecule has 0 atom stereocenters. The SMILES string of the molecule is CC(=O)Nc1csc(-c2ccc(C=[N+]([O-])C(C)(C)C)o2)c1. The zero-order chi connectivity index (χ0) is 15.6. The molecule has 21 heavy (non-hydrogen) atoms. The van der Waals surface area contributed by atoms with Gasteiger partial charge in [0.05, 0.1) is 10.6 Å². The van der Waals surface area contributed by atoms with Gasteiger partial charge in [-0.3, -0.25) is 4.79 Å². The molecule has 2 aromatic heterocycles. The van der Waals surface area contributed by atoms with E-state index in [2.05, 4.69) is 5.32 Å². The van der Waals surface area contributed by atoms with Crippen LogP contribution in [0.1, 0.15) is 33.5 Å². The lowest BCUT2D eigenvalue weighted by Gasteiger charge is -2.17. The van der Waals surface area contributed by atoms with Crippen molar-refractivity contribution in [2.75, 3.05) is 5.32 Å². The Morgan fingerprint density at radius 2 is 2.14 bits per heavy atom. The van der Waals surface area contributed by atoms with Gasteiger partial charge in [0.15, 0.2) is 11.3 Å². The lowest BCUT2D eigenvalue weighted by Crippen LogP contribution is -2.29. The molecule has 0 spiro atoms. The summed E-state index contributed by atoms with van der Waals surface area (Å²) in [7, 11) is 0. The Balaban J connectivity index is 2.20. The van der Waals surface area contributed by atoms with Crippen molar-refractivity contribution in [1.82, 2.24) is 0 Å². The second-order valence-corrected chi connectivity index (χ2v) is 6.62. The van der Waals surface area contributed by atoms with E-state index in [9.17, 15) is 10.0 Å². The van der Waals surface area contributed by atoms with E-state index in [1.54, 1.807) is 6.07 Å². The number of rotatable bonds is 3. The van der Waals surface area contributed by atoms with Gasteiger partial charge in [-0.05, 0) is 18.2 Å². The number of carbonyl (C=O) groups is 1. The Labute approximate surface area is 127 Å². The molecule has 1 N–H and O–H groups in total. The van der Waals surface area contributed by atoms with Crippen LogP contribution >= 0.6 is 11.3 Å². The molecular weight excluding hydrogens is 288 g/mol. The van der Waals surface area contributed by atoms with Crippen molar-refractivity contribution in [2.45, 2.75) is 33.2 Å². The third-order valence-electron chi connectivity index (χ3n) is 2.70. The Hall–Kier alpha value is -2.08. The van der Waals surface area contributed by atoms with Gasteiger partial charge in [0.2, 0.25) is 12.1 Å². The van der Waals surface area contributed by atoms with Crippen LogP contribution in [0.3, 0.4) is 0 Å². The zero-order valence-corrected chi connectivity index (χ0v) is 13.3. The molecule has 0 aromatic carbocycles. The first-order valence-electron chi connectivity index (χ1n) is 6.53. The number of thiophene rings is 1. The van der Waals surface area contributed by atoms with Gasteiger partial charge in [0.25, 0.3) is 0 Å². The molecule has 0 fully saturated rings. The van der Waals surface area contributed by atoms with E-state index in [0.29, 0.717) is 11.5 Å². The van der Waals surface area contributed by atoms with Crippen LogP contribution in [0.25, 0.3) is 10.6 Å². The monoisotopic (exact) mass is 306 g/mol. The summed E-state index contributed by atoms with van der Waals surface area (Å²) < 4.78 is 6.52. The second-order valence-electron chi connectivity index (χ2n) is 5.71. The molecule has 0 aliphatic carbocycles. The summed E-state index contributed by atoms with van der Waals surface area (Å²) in [6, 6.07) is 5.41. The number of furan rings is 1.